The van der Waals surface area contributed by atoms with Gasteiger partial charge in [0.25, 0.3) is 0 Å². The van der Waals surface area contributed by atoms with E-state index in [0.717, 1.165) is 31.8 Å². The molecular formula is C23H39NO4. The van der Waals surface area contributed by atoms with Crippen LogP contribution in [0.5, 0.6) is 0 Å². The summed E-state index contributed by atoms with van der Waals surface area (Å²) in [6.45, 7) is 9.13. The lowest BCUT2D eigenvalue weighted by Gasteiger charge is -2.40. The average Bonchev–Trinajstić information content (AvgIpc) is 3.19. The lowest BCUT2D eigenvalue weighted by molar-refractivity contribution is -0.146. The summed E-state index contributed by atoms with van der Waals surface area (Å²) in [5.74, 6) is 0.827. The summed E-state index contributed by atoms with van der Waals surface area (Å²) in [4.78, 5) is 26.2. The van der Waals surface area contributed by atoms with Crippen molar-refractivity contribution >= 4 is 11.9 Å². The Morgan fingerprint density at radius 1 is 1.04 bits per heavy atom. The first-order valence-electron chi connectivity index (χ1n) is 11.4. The number of piperidine rings is 1. The summed E-state index contributed by atoms with van der Waals surface area (Å²) in [6.07, 6.45) is 9.02. The van der Waals surface area contributed by atoms with Crippen molar-refractivity contribution in [2.75, 3.05) is 19.7 Å². The number of carbonyl (C=O) groups is 2. The van der Waals surface area contributed by atoms with E-state index < -0.39 is 5.97 Å². The van der Waals surface area contributed by atoms with Gasteiger partial charge in [-0.1, -0.05) is 27.2 Å². The van der Waals surface area contributed by atoms with Crippen LogP contribution in [0.25, 0.3) is 0 Å². The second-order valence-electron chi connectivity index (χ2n) is 10.1. The minimum atomic E-state index is -0.733. The van der Waals surface area contributed by atoms with Gasteiger partial charge in [-0.15, -0.1) is 0 Å². The fraction of sp³-hybridized carbons (Fsp3) is 0.913. The highest BCUT2D eigenvalue weighted by atomic mass is 16.5. The number of likely N-dealkylation sites (tertiary alicyclic amines) is 1. The molecule has 0 aromatic heterocycles. The van der Waals surface area contributed by atoms with Crippen molar-refractivity contribution in [1.82, 2.24) is 4.90 Å². The lowest BCUT2D eigenvalue weighted by atomic mass is 9.67. The number of ether oxygens (including phenoxy) is 1. The molecule has 5 heteroatoms. The van der Waals surface area contributed by atoms with E-state index in [1.54, 1.807) is 0 Å². The summed E-state index contributed by atoms with van der Waals surface area (Å²) in [6, 6.07) is 0. The van der Waals surface area contributed by atoms with E-state index in [4.69, 9.17) is 4.74 Å². The van der Waals surface area contributed by atoms with Gasteiger partial charge in [0.15, 0.2) is 0 Å². The second-order valence-corrected chi connectivity index (χ2v) is 10.1. The van der Waals surface area contributed by atoms with Crippen molar-refractivity contribution in [3.05, 3.63) is 0 Å². The van der Waals surface area contributed by atoms with Crippen molar-refractivity contribution < 1.29 is 19.4 Å². The molecule has 3 fully saturated rings. The summed E-state index contributed by atoms with van der Waals surface area (Å²) >= 11 is 0. The zero-order valence-electron chi connectivity index (χ0n) is 18.0. The van der Waals surface area contributed by atoms with Gasteiger partial charge >= 0.3 is 5.97 Å². The number of aliphatic carboxylic acids is 1. The van der Waals surface area contributed by atoms with E-state index >= 15 is 0 Å². The first-order valence-corrected chi connectivity index (χ1v) is 11.4. The Morgan fingerprint density at radius 3 is 2.25 bits per heavy atom. The van der Waals surface area contributed by atoms with Crippen LogP contribution >= 0.6 is 0 Å². The monoisotopic (exact) mass is 393 g/mol. The Bertz CT molecular complexity index is 545. The van der Waals surface area contributed by atoms with Gasteiger partial charge in [-0.05, 0) is 68.1 Å². The Morgan fingerprint density at radius 2 is 1.68 bits per heavy atom. The molecule has 2 aliphatic heterocycles. The predicted molar refractivity (Wildman–Crippen MR) is 109 cm³/mol. The zero-order valence-corrected chi connectivity index (χ0v) is 18.0. The highest BCUT2D eigenvalue weighted by molar-refractivity contribution is 5.76. The van der Waals surface area contributed by atoms with Gasteiger partial charge in [0.1, 0.15) is 0 Å². The van der Waals surface area contributed by atoms with Crippen LogP contribution < -0.4 is 0 Å². The third-order valence-corrected chi connectivity index (χ3v) is 8.14. The Hall–Kier alpha value is -1.10. The van der Waals surface area contributed by atoms with Crippen LogP contribution in [-0.4, -0.2) is 47.7 Å². The van der Waals surface area contributed by atoms with Crippen LogP contribution in [0.4, 0.5) is 0 Å². The molecule has 0 bridgehead atoms. The largest absolute Gasteiger partial charge is 0.481 e. The molecule has 3 rings (SSSR count). The predicted octanol–water partition coefficient (Wildman–Crippen LogP) is 4.35. The standard InChI is InChI=1S/C23H39NO4/c1-4-23(2,3)18-7-5-16(6-8-18)15-20(25)24-12-9-17(10-13-24)21-19(22(26)27)11-14-28-21/h16-19,21H,4-15H2,1-3H3,(H,26,27)/t16?,18?,19?,21-/m0/s1. The second kappa shape index (κ2) is 9.15. The van der Waals surface area contributed by atoms with E-state index in [2.05, 4.69) is 20.8 Å². The fourth-order valence-electron chi connectivity index (χ4n) is 5.63. The van der Waals surface area contributed by atoms with Gasteiger partial charge in [-0.2, -0.15) is 0 Å². The van der Waals surface area contributed by atoms with Crippen LogP contribution in [0.3, 0.4) is 0 Å². The molecule has 1 saturated carbocycles. The van der Waals surface area contributed by atoms with Crippen molar-refractivity contribution in [1.29, 1.82) is 0 Å². The fourth-order valence-corrected chi connectivity index (χ4v) is 5.63. The van der Waals surface area contributed by atoms with Crippen molar-refractivity contribution in [3.8, 4) is 0 Å². The topological polar surface area (TPSA) is 66.8 Å². The molecule has 0 radical (unpaired) electrons. The molecule has 160 valence electrons. The van der Waals surface area contributed by atoms with Crippen LogP contribution in [0.2, 0.25) is 0 Å². The lowest BCUT2D eigenvalue weighted by Crippen LogP contribution is -2.43. The number of carboxylic acid groups (broad SMARTS) is 1. The van der Waals surface area contributed by atoms with E-state index in [9.17, 15) is 14.7 Å². The number of carbonyl (C=O) groups excluding carboxylic acids is 1. The first kappa shape index (κ1) is 21.6. The molecule has 1 N–H and O–H groups in total. The molecule has 0 spiro atoms. The van der Waals surface area contributed by atoms with E-state index in [-0.39, 0.29) is 17.9 Å². The van der Waals surface area contributed by atoms with Crippen LogP contribution in [-0.2, 0) is 14.3 Å². The van der Waals surface area contributed by atoms with Crippen LogP contribution in [0, 0.1) is 29.1 Å². The Kier molecular flexibility index (Phi) is 7.06. The third kappa shape index (κ3) is 4.90. The quantitative estimate of drug-likeness (QED) is 0.729. The summed E-state index contributed by atoms with van der Waals surface area (Å²) in [7, 11) is 0. The molecule has 1 amide bonds. The maximum absolute atomic E-state index is 12.8. The van der Waals surface area contributed by atoms with Crippen LogP contribution in [0.15, 0.2) is 0 Å². The van der Waals surface area contributed by atoms with E-state index in [1.807, 2.05) is 4.90 Å². The molecule has 2 atom stereocenters. The first-order chi connectivity index (χ1) is 13.3. The van der Waals surface area contributed by atoms with Gasteiger partial charge < -0.3 is 14.7 Å². The highest BCUT2D eigenvalue weighted by Gasteiger charge is 2.41. The highest BCUT2D eigenvalue weighted by Crippen LogP contribution is 2.43. The van der Waals surface area contributed by atoms with Gasteiger partial charge in [-0.3, -0.25) is 9.59 Å². The number of hydrogen-bond acceptors (Lipinski definition) is 3. The van der Waals surface area contributed by atoms with Gasteiger partial charge in [-0.25, -0.2) is 0 Å². The summed E-state index contributed by atoms with van der Waals surface area (Å²) < 4.78 is 5.75. The minimum absolute atomic E-state index is 0.160. The van der Waals surface area contributed by atoms with E-state index in [1.165, 1.54) is 32.1 Å². The minimum Gasteiger partial charge on any atom is -0.481 e. The number of hydrogen-bond donors (Lipinski definition) is 1. The molecule has 0 aromatic rings. The molecule has 3 aliphatic rings. The normalized spacial score (nSPS) is 32.5. The summed E-state index contributed by atoms with van der Waals surface area (Å²) in [5.41, 5.74) is 0.424. The maximum Gasteiger partial charge on any atom is 0.309 e. The molecule has 1 aliphatic carbocycles. The third-order valence-electron chi connectivity index (χ3n) is 8.14. The van der Waals surface area contributed by atoms with Crippen molar-refractivity contribution in [2.24, 2.45) is 29.1 Å². The molecule has 1 unspecified atom stereocenters. The van der Waals surface area contributed by atoms with Gasteiger partial charge in [0.05, 0.1) is 12.0 Å². The molecule has 28 heavy (non-hydrogen) atoms. The van der Waals surface area contributed by atoms with Crippen molar-refractivity contribution in [2.45, 2.75) is 84.7 Å². The number of carboxylic acids is 1. The number of rotatable bonds is 6. The number of nitrogens with zero attached hydrogens (tertiary/aromatic N) is 1. The smallest absolute Gasteiger partial charge is 0.309 e. The maximum atomic E-state index is 12.8. The number of amides is 1. The Balaban J connectivity index is 1.42. The SMILES string of the molecule is CCC(C)(C)C1CCC(CC(=O)N2CCC([C@@H]3OCCC3C(=O)O)CC2)CC1. The van der Waals surface area contributed by atoms with E-state index in [0.29, 0.717) is 36.7 Å². The van der Waals surface area contributed by atoms with Crippen molar-refractivity contribution in [3.63, 3.8) is 0 Å². The van der Waals surface area contributed by atoms with Gasteiger partial charge in [0.2, 0.25) is 5.91 Å². The van der Waals surface area contributed by atoms with Crippen LogP contribution in [0.1, 0.15) is 78.6 Å². The molecule has 2 saturated heterocycles. The molecular weight excluding hydrogens is 354 g/mol. The molecule has 2 heterocycles. The zero-order chi connectivity index (χ0) is 20.3. The molecule has 0 aromatic carbocycles. The average molecular weight is 394 g/mol. The Labute approximate surface area is 170 Å². The molecule has 5 nitrogen and oxygen atoms in total. The summed E-state index contributed by atoms with van der Waals surface area (Å²) in [5, 5.41) is 9.38. The van der Waals surface area contributed by atoms with Gasteiger partial charge in [0, 0.05) is 26.1 Å².